The maximum atomic E-state index is 14.9. The van der Waals surface area contributed by atoms with Crippen molar-refractivity contribution in [1.82, 2.24) is 9.13 Å². The summed E-state index contributed by atoms with van der Waals surface area (Å²) in [4.78, 5) is 27.3. The van der Waals surface area contributed by atoms with E-state index in [4.69, 9.17) is 0 Å². The lowest BCUT2D eigenvalue weighted by atomic mass is 10.1. The van der Waals surface area contributed by atoms with Gasteiger partial charge in [0.15, 0.2) is 0 Å². The first kappa shape index (κ1) is 22.2. The van der Waals surface area contributed by atoms with Crippen molar-refractivity contribution in [3.05, 3.63) is 111 Å². The largest absolute Gasteiger partial charge is 0.305 e. The zero-order chi connectivity index (χ0) is 23.4. The number of hydrogen-bond acceptors (Lipinski definition) is 4. The van der Waals surface area contributed by atoms with Gasteiger partial charge in [-0.2, -0.15) is 5.10 Å². The molecule has 0 unspecified atom stereocenters. The van der Waals surface area contributed by atoms with Crippen molar-refractivity contribution in [2.75, 3.05) is 5.43 Å². The second-order valence-corrected chi connectivity index (χ2v) is 8.16. The molecule has 0 bridgehead atoms. The van der Waals surface area contributed by atoms with Gasteiger partial charge in [0.05, 0.1) is 22.4 Å². The van der Waals surface area contributed by atoms with Crippen LogP contribution in [0.5, 0.6) is 0 Å². The van der Waals surface area contributed by atoms with Crippen LogP contribution < -0.4 is 21.9 Å². The summed E-state index contributed by atoms with van der Waals surface area (Å²) in [7, 11) is 0. The summed E-state index contributed by atoms with van der Waals surface area (Å²) in [6.45, 7) is 4.53. The van der Waals surface area contributed by atoms with Crippen LogP contribution in [0.1, 0.15) is 20.3 Å². The molecule has 7 heteroatoms. The second kappa shape index (κ2) is 9.65. The van der Waals surface area contributed by atoms with Crippen LogP contribution in [0.2, 0.25) is 0 Å². The summed E-state index contributed by atoms with van der Waals surface area (Å²) in [5.74, 6) is -0.228. The standard InChI is InChI=1S/C26H25FN4O2/c1-18(2)16-17-30-22-14-8-9-15-23(22)31(21-13-7-6-12-20(21)27)26(33)24(25(30)32)29-28-19-10-4-3-5-11-19/h3-15,18,28H,16-17H2,1-2H3. The molecule has 0 spiro atoms. The summed E-state index contributed by atoms with van der Waals surface area (Å²) in [6, 6.07) is 22.1. The summed E-state index contributed by atoms with van der Waals surface area (Å²) in [5.41, 5.74) is 3.21. The molecule has 6 nitrogen and oxygen atoms in total. The van der Waals surface area contributed by atoms with Gasteiger partial charge in [0.2, 0.25) is 5.36 Å². The van der Waals surface area contributed by atoms with Crippen molar-refractivity contribution >= 4 is 16.7 Å². The third-order valence-electron chi connectivity index (χ3n) is 5.36. The molecule has 0 fully saturated rings. The lowest BCUT2D eigenvalue weighted by Gasteiger charge is -2.11. The highest BCUT2D eigenvalue weighted by Crippen LogP contribution is 2.17. The molecule has 0 saturated heterocycles. The molecule has 0 saturated carbocycles. The van der Waals surface area contributed by atoms with Gasteiger partial charge in [-0.05, 0) is 48.7 Å². The molecular weight excluding hydrogens is 419 g/mol. The zero-order valence-corrected chi connectivity index (χ0v) is 18.5. The average molecular weight is 445 g/mol. The van der Waals surface area contributed by atoms with Gasteiger partial charge in [-0.1, -0.05) is 56.3 Å². The average Bonchev–Trinajstić information content (AvgIpc) is 2.90. The molecule has 0 radical (unpaired) electrons. The van der Waals surface area contributed by atoms with Crippen molar-refractivity contribution in [3.63, 3.8) is 0 Å². The van der Waals surface area contributed by atoms with Gasteiger partial charge >= 0.3 is 0 Å². The van der Waals surface area contributed by atoms with Crippen molar-refractivity contribution < 1.29 is 4.39 Å². The molecular formula is C26H25FN4O2. The van der Waals surface area contributed by atoms with Crippen LogP contribution in [-0.2, 0) is 6.54 Å². The number of para-hydroxylation sites is 4. The first-order chi connectivity index (χ1) is 16.0. The summed E-state index contributed by atoms with van der Waals surface area (Å²) >= 11 is 0. The molecule has 1 heterocycles. The summed E-state index contributed by atoms with van der Waals surface area (Å²) in [5, 5.41) is 3.89. The van der Waals surface area contributed by atoms with Crippen LogP contribution >= 0.6 is 0 Å². The smallest absolute Gasteiger partial charge is 0.289 e. The summed E-state index contributed by atoms with van der Waals surface area (Å²) in [6.07, 6.45) is 0.730. The van der Waals surface area contributed by atoms with Crippen LogP contribution in [-0.4, -0.2) is 9.13 Å². The molecule has 0 aliphatic carbocycles. The molecule has 1 N–H and O–H groups in total. The molecule has 1 aromatic heterocycles. The fourth-order valence-electron chi connectivity index (χ4n) is 3.64. The number of benzene rings is 3. The molecule has 33 heavy (non-hydrogen) atoms. The van der Waals surface area contributed by atoms with Crippen molar-refractivity contribution in [3.8, 4) is 5.69 Å². The minimum Gasteiger partial charge on any atom is -0.305 e. The van der Waals surface area contributed by atoms with Crippen LogP contribution in [0.25, 0.3) is 16.7 Å². The molecule has 4 aromatic rings. The van der Waals surface area contributed by atoms with Crippen LogP contribution in [0, 0.1) is 11.7 Å². The molecule has 0 aliphatic heterocycles. The highest BCUT2D eigenvalue weighted by Gasteiger charge is 2.16. The zero-order valence-electron chi connectivity index (χ0n) is 18.5. The first-order valence-corrected chi connectivity index (χ1v) is 10.9. The van der Waals surface area contributed by atoms with Crippen molar-refractivity contribution in [2.45, 2.75) is 26.8 Å². The van der Waals surface area contributed by atoms with Crippen LogP contribution in [0.15, 0.2) is 93.6 Å². The van der Waals surface area contributed by atoms with Gasteiger partial charge in [0.1, 0.15) is 5.82 Å². The van der Waals surface area contributed by atoms with E-state index in [1.165, 1.54) is 16.7 Å². The Balaban J connectivity index is 2.13. The fraction of sp³-hybridized carbons (Fsp3) is 0.192. The minimum absolute atomic E-state index is 0.0564. The quantitative estimate of drug-likeness (QED) is 0.452. The Morgan fingerprint density at radius 2 is 1.48 bits per heavy atom. The number of halogens is 1. The number of hydrogen-bond donors (Lipinski definition) is 1. The lowest BCUT2D eigenvalue weighted by molar-refractivity contribution is 0.516. The Morgan fingerprint density at radius 3 is 2.18 bits per heavy atom. The van der Waals surface area contributed by atoms with Gasteiger partial charge in [-0.3, -0.25) is 19.6 Å². The van der Waals surface area contributed by atoms with Gasteiger partial charge < -0.3 is 4.57 Å². The number of fused-ring (bicyclic) bond motifs is 1. The van der Waals surface area contributed by atoms with E-state index >= 15 is 0 Å². The molecule has 4 rings (SSSR count). The highest BCUT2D eigenvalue weighted by atomic mass is 19.1. The highest BCUT2D eigenvalue weighted by molar-refractivity contribution is 5.76. The van der Waals surface area contributed by atoms with E-state index in [1.807, 2.05) is 18.2 Å². The Bertz CT molecular complexity index is 1470. The Labute approximate surface area is 190 Å². The molecule has 168 valence electrons. The van der Waals surface area contributed by atoms with E-state index in [0.29, 0.717) is 29.2 Å². The maximum Gasteiger partial charge on any atom is 0.289 e. The van der Waals surface area contributed by atoms with E-state index in [9.17, 15) is 14.0 Å². The van der Waals surface area contributed by atoms with Gasteiger partial charge in [0.25, 0.3) is 11.1 Å². The fourth-order valence-corrected chi connectivity index (χ4v) is 3.64. The third kappa shape index (κ3) is 4.62. The van der Waals surface area contributed by atoms with E-state index in [-0.39, 0.29) is 11.0 Å². The number of rotatable bonds is 6. The molecule has 3 aromatic carbocycles. The topological polar surface area (TPSA) is 68.4 Å². The van der Waals surface area contributed by atoms with Crippen LogP contribution in [0.3, 0.4) is 0 Å². The van der Waals surface area contributed by atoms with Crippen molar-refractivity contribution in [2.24, 2.45) is 11.0 Å². The Kier molecular flexibility index (Phi) is 6.49. The van der Waals surface area contributed by atoms with E-state index < -0.39 is 16.9 Å². The number of anilines is 1. The minimum atomic E-state index is -0.701. The van der Waals surface area contributed by atoms with Crippen molar-refractivity contribution in [1.29, 1.82) is 0 Å². The maximum absolute atomic E-state index is 14.9. The number of aromatic nitrogens is 2. The van der Waals surface area contributed by atoms with E-state index in [2.05, 4.69) is 24.4 Å². The van der Waals surface area contributed by atoms with E-state index in [1.54, 1.807) is 53.1 Å². The monoisotopic (exact) mass is 444 g/mol. The summed E-state index contributed by atoms with van der Waals surface area (Å²) < 4.78 is 17.6. The van der Waals surface area contributed by atoms with E-state index in [0.717, 1.165) is 6.42 Å². The molecule has 0 atom stereocenters. The number of nitrogens with one attached hydrogen (secondary N) is 1. The normalized spacial score (nSPS) is 11.8. The van der Waals surface area contributed by atoms with Crippen LogP contribution in [0.4, 0.5) is 10.1 Å². The molecule has 0 amide bonds. The Morgan fingerprint density at radius 1 is 0.848 bits per heavy atom. The lowest BCUT2D eigenvalue weighted by Crippen LogP contribution is -2.45. The Hall–Kier alpha value is -4.00. The first-order valence-electron chi connectivity index (χ1n) is 10.9. The third-order valence-corrected chi connectivity index (χ3v) is 5.36. The second-order valence-electron chi connectivity index (χ2n) is 8.16. The van der Waals surface area contributed by atoms with Gasteiger partial charge in [-0.25, -0.2) is 4.39 Å². The predicted molar refractivity (Wildman–Crippen MR) is 129 cm³/mol. The van der Waals surface area contributed by atoms with Gasteiger partial charge in [-0.15, -0.1) is 0 Å². The predicted octanol–water partition coefficient (Wildman–Crippen LogP) is 4.27. The number of nitrogens with zero attached hydrogens (tertiary/aromatic N) is 3. The number of aryl methyl sites for hydroxylation is 1. The van der Waals surface area contributed by atoms with Gasteiger partial charge in [0, 0.05) is 6.54 Å². The SMILES string of the molecule is CC(C)CCn1c(=O)c(=NNc2ccccc2)c(=O)n(-c2ccccc2F)c2ccccc21. The molecule has 0 aliphatic rings.